The second kappa shape index (κ2) is 11.4. The first-order valence-electron chi connectivity index (χ1n) is 8.56. The Kier molecular flexibility index (Phi) is 9.59. The zero-order valence-electron chi connectivity index (χ0n) is 15.8. The molecule has 0 heterocycles. The Labute approximate surface area is 159 Å². The van der Waals surface area contributed by atoms with Gasteiger partial charge < -0.3 is 14.2 Å². The Morgan fingerprint density at radius 2 is 1.78 bits per heavy atom. The second-order valence-corrected chi connectivity index (χ2v) is 7.13. The summed E-state index contributed by atoms with van der Waals surface area (Å²) in [5, 5.41) is 0. The third-order valence-electron chi connectivity index (χ3n) is 3.41. The number of hydrogen-bond acceptors (Lipinski definition) is 7. The van der Waals surface area contributed by atoms with Gasteiger partial charge in [0.1, 0.15) is 12.3 Å². The van der Waals surface area contributed by atoms with Gasteiger partial charge in [0.2, 0.25) is 0 Å². The summed E-state index contributed by atoms with van der Waals surface area (Å²) in [7, 11) is -2.80. The maximum atomic E-state index is 12.5. The maximum absolute atomic E-state index is 12.5. The van der Waals surface area contributed by atoms with Crippen LogP contribution in [0.2, 0.25) is 0 Å². The van der Waals surface area contributed by atoms with Crippen molar-refractivity contribution in [3.63, 3.8) is 0 Å². The van der Waals surface area contributed by atoms with Gasteiger partial charge in [-0.25, -0.2) is 4.79 Å². The van der Waals surface area contributed by atoms with Crippen LogP contribution in [-0.4, -0.2) is 51.7 Å². The standard InChI is InChI=1S/C17H26N2O7S/c1-4-6-11-26-17(21)19(13-14-7-9-15(24-3)10-8-14)27(22,23)18-12-16(20)25-5-2/h7-10,18H,4-6,11-13H2,1-3H3. The number of nitrogens with zero attached hydrogens (tertiary/aromatic N) is 1. The highest BCUT2D eigenvalue weighted by Crippen LogP contribution is 2.15. The van der Waals surface area contributed by atoms with Crippen LogP contribution in [0.5, 0.6) is 5.75 Å². The number of ether oxygens (including phenoxy) is 3. The number of nitrogens with one attached hydrogen (secondary N) is 1. The van der Waals surface area contributed by atoms with Gasteiger partial charge in [0.25, 0.3) is 0 Å². The second-order valence-electron chi connectivity index (χ2n) is 5.45. The van der Waals surface area contributed by atoms with E-state index in [9.17, 15) is 18.0 Å². The number of hydrogen-bond donors (Lipinski definition) is 1. The molecule has 0 saturated carbocycles. The van der Waals surface area contributed by atoms with Crippen molar-refractivity contribution in [1.82, 2.24) is 9.03 Å². The molecule has 10 heteroatoms. The van der Waals surface area contributed by atoms with Crippen molar-refractivity contribution < 1.29 is 32.2 Å². The predicted octanol–water partition coefficient (Wildman–Crippen LogP) is 1.83. The average molecular weight is 402 g/mol. The van der Waals surface area contributed by atoms with Crippen molar-refractivity contribution in [2.24, 2.45) is 0 Å². The summed E-state index contributed by atoms with van der Waals surface area (Å²) in [5.41, 5.74) is 0.546. The van der Waals surface area contributed by atoms with Gasteiger partial charge >= 0.3 is 22.3 Å². The quantitative estimate of drug-likeness (QED) is 0.444. The van der Waals surface area contributed by atoms with Crippen molar-refractivity contribution in [1.29, 1.82) is 0 Å². The molecule has 1 N–H and O–H groups in total. The number of rotatable bonds is 11. The minimum Gasteiger partial charge on any atom is -0.497 e. The average Bonchev–Trinajstić information content (AvgIpc) is 2.65. The molecular formula is C17H26N2O7S. The molecule has 1 rings (SSSR count). The van der Waals surface area contributed by atoms with Gasteiger partial charge in [0.15, 0.2) is 0 Å². The third kappa shape index (κ3) is 7.83. The summed E-state index contributed by atoms with van der Waals surface area (Å²) < 4.78 is 42.4. The Bertz CT molecular complexity index is 704. The monoisotopic (exact) mass is 402 g/mol. The number of carbonyl (C=O) groups excluding carboxylic acids is 2. The van der Waals surface area contributed by atoms with Gasteiger partial charge in [-0.2, -0.15) is 17.4 Å². The molecule has 152 valence electrons. The van der Waals surface area contributed by atoms with Gasteiger partial charge in [0, 0.05) is 0 Å². The van der Waals surface area contributed by atoms with Crippen LogP contribution in [0.1, 0.15) is 32.3 Å². The number of unbranched alkanes of at least 4 members (excludes halogenated alkanes) is 1. The lowest BCUT2D eigenvalue weighted by atomic mass is 10.2. The summed E-state index contributed by atoms with van der Waals surface area (Å²) in [4.78, 5) is 23.7. The predicted molar refractivity (Wildman–Crippen MR) is 98.3 cm³/mol. The van der Waals surface area contributed by atoms with E-state index in [0.717, 1.165) is 6.42 Å². The van der Waals surface area contributed by atoms with E-state index in [-0.39, 0.29) is 19.8 Å². The number of benzene rings is 1. The molecule has 9 nitrogen and oxygen atoms in total. The van der Waals surface area contributed by atoms with Crippen LogP contribution < -0.4 is 9.46 Å². The summed E-state index contributed by atoms with van der Waals surface area (Å²) in [6.45, 7) is 2.90. The third-order valence-corrected chi connectivity index (χ3v) is 4.77. The van der Waals surface area contributed by atoms with E-state index in [1.54, 1.807) is 31.2 Å². The molecule has 0 aromatic heterocycles. The zero-order valence-corrected chi connectivity index (χ0v) is 16.6. The fourth-order valence-electron chi connectivity index (χ4n) is 1.96. The molecular weight excluding hydrogens is 376 g/mol. The molecule has 0 spiro atoms. The fraction of sp³-hybridized carbons (Fsp3) is 0.529. The van der Waals surface area contributed by atoms with Gasteiger partial charge in [-0.1, -0.05) is 25.5 Å². The Morgan fingerprint density at radius 3 is 2.33 bits per heavy atom. The van der Waals surface area contributed by atoms with Crippen molar-refractivity contribution in [2.75, 3.05) is 26.9 Å². The van der Waals surface area contributed by atoms with Gasteiger partial charge in [-0.05, 0) is 31.0 Å². The smallest absolute Gasteiger partial charge is 0.424 e. The molecule has 0 atom stereocenters. The largest absolute Gasteiger partial charge is 0.497 e. The molecule has 27 heavy (non-hydrogen) atoms. The van der Waals surface area contributed by atoms with E-state index in [4.69, 9.17) is 9.47 Å². The van der Waals surface area contributed by atoms with E-state index in [0.29, 0.717) is 22.0 Å². The van der Waals surface area contributed by atoms with E-state index >= 15 is 0 Å². The van der Waals surface area contributed by atoms with Crippen molar-refractivity contribution >= 4 is 22.3 Å². The van der Waals surface area contributed by atoms with Crippen molar-refractivity contribution in [2.45, 2.75) is 33.2 Å². The van der Waals surface area contributed by atoms with Crippen LogP contribution in [0, 0.1) is 0 Å². The molecule has 0 unspecified atom stereocenters. The molecule has 0 aliphatic carbocycles. The van der Waals surface area contributed by atoms with E-state index in [2.05, 4.69) is 9.46 Å². The summed E-state index contributed by atoms with van der Waals surface area (Å²) in [6.07, 6.45) is 0.383. The molecule has 1 aromatic rings. The molecule has 0 fully saturated rings. The highest BCUT2D eigenvalue weighted by molar-refractivity contribution is 7.87. The van der Waals surface area contributed by atoms with Gasteiger partial charge in [-0.3, -0.25) is 4.79 Å². The molecule has 1 amide bonds. The first kappa shape index (κ1) is 22.7. The maximum Gasteiger partial charge on any atom is 0.424 e. The van der Waals surface area contributed by atoms with Gasteiger partial charge in [0.05, 0.1) is 26.9 Å². The van der Waals surface area contributed by atoms with E-state index < -0.39 is 28.8 Å². The van der Waals surface area contributed by atoms with Crippen LogP contribution in [0.3, 0.4) is 0 Å². The Balaban J connectivity index is 2.93. The first-order chi connectivity index (χ1) is 12.8. The normalized spacial score (nSPS) is 10.9. The molecule has 0 aliphatic rings. The Hall–Kier alpha value is -2.33. The van der Waals surface area contributed by atoms with E-state index in [1.165, 1.54) is 7.11 Å². The minimum atomic E-state index is -4.31. The number of methoxy groups -OCH3 is 1. The topological polar surface area (TPSA) is 111 Å². The lowest BCUT2D eigenvalue weighted by molar-refractivity contribution is -0.141. The molecule has 0 radical (unpaired) electrons. The van der Waals surface area contributed by atoms with Crippen LogP contribution in [0.4, 0.5) is 4.79 Å². The molecule has 0 bridgehead atoms. The van der Waals surface area contributed by atoms with Crippen molar-refractivity contribution in [3.8, 4) is 5.75 Å². The number of carbonyl (C=O) groups is 2. The van der Waals surface area contributed by atoms with Crippen LogP contribution in [0.15, 0.2) is 24.3 Å². The van der Waals surface area contributed by atoms with Crippen LogP contribution in [0.25, 0.3) is 0 Å². The highest BCUT2D eigenvalue weighted by atomic mass is 32.2. The lowest BCUT2D eigenvalue weighted by Crippen LogP contribution is -2.46. The van der Waals surface area contributed by atoms with E-state index in [1.807, 2.05) is 6.92 Å². The molecule has 1 aromatic carbocycles. The van der Waals surface area contributed by atoms with Crippen LogP contribution >= 0.6 is 0 Å². The van der Waals surface area contributed by atoms with Gasteiger partial charge in [-0.15, -0.1) is 0 Å². The van der Waals surface area contributed by atoms with Crippen molar-refractivity contribution in [3.05, 3.63) is 29.8 Å². The zero-order chi connectivity index (χ0) is 20.3. The number of esters is 1. The molecule has 0 saturated heterocycles. The summed E-state index contributed by atoms with van der Waals surface area (Å²) >= 11 is 0. The lowest BCUT2D eigenvalue weighted by Gasteiger charge is -2.22. The number of amides is 1. The highest BCUT2D eigenvalue weighted by Gasteiger charge is 2.29. The first-order valence-corrected chi connectivity index (χ1v) is 10.0. The molecule has 0 aliphatic heterocycles. The fourth-order valence-corrected chi connectivity index (χ4v) is 2.98. The Morgan fingerprint density at radius 1 is 1.11 bits per heavy atom. The SMILES string of the molecule is CCCCOC(=O)N(Cc1ccc(OC)cc1)S(=O)(=O)NCC(=O)OCC. The summed E-state index contributed by atoms with van der Waals surface area (Å²) in [6, 6.07) is 6.56. The minimum absolute atomic E-state index is 0.0990. The van der Waals surface area contributed by atoms with Crippen LogP contribution in [-0.2, 0) is 31.0 Å². The summed E-state index contributed by atoms with van der Waals surface area (Å²) in [5.74, 6) is -0.149.